The molecule has 0 saturated heterocycles. The topological polar surface area (TPSA) is 102 Å². The van der Waals surface area contributed by atoms with Gasteiger partial charge in [-0.3, -0.25) is 0 Å². The van der Waals surface area contributed by atoms with Crippen LogP contribution in [0.4, 0.5) is 5.82 Å². The Hall–Kier alpha value is -2.48. The molecule has 1 saturated carbocycles. The third-order valence-corrected chi connectivity index (χ3v) is 3.88. The molecule has 3 heterocycles. The number of hydrogen-bond donors (Lipinski definition) is 2. The minimum atomic E-state index is 0.129. The molecule has 0 aliphatic heterocycles. The summed E-state index contributed by atoms with van der Waals surface area (Å²) < 4.78 is 5.77. The van der Waals surface area contributed by atoms with Gasteiger partial charge in [0.2, 0.25) is 5.28 Å². The number of anilines is 1. The van der Waals surface area contributed by atoms with Crippen molar-refractivity contribution in [3.8, 4) is 6.01 Å². The van der Waals surface area contributed by atoms with Crippen molar-refractivity contribution >= 4 is 28.6 Å². The Balaban J connectivity index is 1.59. The van der Waals surface area contributed by atoms with Gasteiger partial charge in [0.15, 0.2) is 11.5 Å². The third-order valence-electron chi connectivity index (χ3n) is 3.71. The van der Waals surface area contributed by atoms with E-state index in [0.717, 1.165) is 18.5 Å². The van der Waals surface area contributed by atoms with Crippen molar-refractivity contribution in [3.05, 3.63) is 29.6 Å². The van der Waals surface area contributed by atoms with E-state index in [-0.39, 0.29) is 11.4 Å². The van der Waals surface area contributed by atoms with Gasteiger partial charge in [0, 0.05) is 6.20 Å². The summed E-state index contributed by atoms with van der Waals surface area (Å²) in [6, 6.07) is 2.27. The molecule has 4 rings (SSSR count). The van der Waals surface area contributed by atoms with Crippen molar-refractivity contribution in [2.45, 2.75) is 31.9 Å². The van der Waals surface area contributed by atoms with Crippen LogP contribution < -0.4 is 10.1 Å². The average molecular weight is 332 g/mol. The second-order valence-corrected chi connectivity index (χ2v) is 5.64. The monoisotopic (exact) mass is 331 g/mol. The lowest BCUT2D eigenvalue weighted by atomic mass is 9.96. The summed E-state index contributed by atoms with van der Waals surface area (Å²) >= 11 is 5.98. The fourth-order valence-corrected chi connectivity index (χ4v) is 2.44. The summed E-state index contributed by atoms with van der Waals surface area (Å²) in [5, 5.41) is 3.32. The molecule has 0 unspecified atom stereocenters. The Kier molecular flexibility index (Phi) is 3.66. The van der Waals surface area contributed by atoms with Crippen LogP contribution >= 0.6 is 11.6 Å². The molecule has 8 nitrogen and oxygen atoms in total. The van der Waals surface area contributed by atoms with Crippen LogP contribution in [0.2, 0.25) is 5.28 Å². The van der Waals surface area contributed by atoms with Crippen LogP contribution in [-0.2, 0) is 6.54 Å². The van der Waals surface area contributed by atoms with Crippen LogP contribution in [0.15, 0.2) is 18.6 Å². The first-order valence-electron chi connectivity index (χ1n) is 7.36. The third kappa shape index (κ3) is 3.02. The van der Waals surface area contributed by atoms with E-state index in [1.165, 1.54) is 12.7 Å². The summed E-state index contributed by atoms with van der Waals surface area (Å²) in [4.78, 5) is 23.8. The molecule has 0 atom stereocenters. The van der Waals surface area contributed by atoms with Crippen molar-refractivity contribution in [3.63, 3.8) is 0 Å². The molecule has 3 aromatic rings. The molecule has 0 aromatic carbocycles. The number of halogens is 1. The smallest absolute Gasteiger partial charge is 0.296 e. The molecule has 0 bridgehead atoms. The zero-order chi connectivity index (χ0) is 15.6. The highest BCUT2D eigenvalue weighted by atomic mass is 35.5. The van der Waals surface area contributed by atoms with E-state index in [1.807, 2.05) is 6.07 Å². The first kappa shape index (κ1) is 14.1. The van der Waals surface area contributed by atoms with Gasteiger partial charge in [-0.2, -0.15) is 15.0 Å². The summed E-state index contributed by atoms with van der Waals surface area (Å²) in [5.74, 6) is 0.564. The molecule has 0 spiro atoms. The Morgan fingerprint density at radius 2 is 2.22 bits per heavy atom. The van der Waals surface area contributed by atoms with E-state index >= 15 is 0 Å². The zero-order valence-electron chi connectivity index (χ0n) is 12.2. The Morgan fingerprint density at radius 1 is 1.30 bits per heavy atom. The van der Waals surface area contributed by atoms with Crippen molar-refractivity contribution in [2.24, 2.45) is 0 Å². The highest BCUT2D eigenvalue weighted by Gasteiger charge is 2.21. The first-order chi connectivity index (χ1) is 11.3. The Labute approximate surface area is 136 Å². The highest BCUT2D eigenvalue weighted by Crippen LogP contribution is 2.27. The summed E-state index contributed by atoms with van der Waals surface area (Å²) in [6.07, 6.45) is 6.73. The van der Waals surface area contributed by atoms with E-state index in [9.17, 15) is 0 Å². The van der Waals surface area contributed by atoms with Gasteiger partial charge in [-0.25, -0.2) is 9.97 Å². The summed E-state index contributed by atoms with van der Waals surface area (Å²) in [5.41, 5.74) is 1.98. The van der Waals surface area contributed by atoms with Crippen LogP contribution in [-0.4, -0.2) is 36.0 Å². The quantitative estimate of drug-likeness (QED) is 0.692. The van der Waals surface area contributed by atoms with E-state index in [2.05, 4.69) is 35.2 Å². The molecule has 23 heavy (non-hydrogen) atoms. The number of hydrogen-bond acceptors (Lipinski definition) is 7. The van der Waals surface area contributed by atoms with Crippen LogP contribution in [0.5, 0.6) is 6.01 Å². The number of aromatic nitrogens is 6. The molecule has 1 fully saturated rings. The maximum Gasteiger partial charge on any atom is 0.296 e. The van der Waals surface area contributed by atoms with Crippen LogP contribution in [0.3, 0.4) is 0 Å². The van der Waals surface area contributed by atoms with E-state index in [1.54, 1.807) is 6.20 Å². The fourth-order valence-electron chi connectivity index (χ4n) is 2.28. The second kappa shape index (κ2) is 5.96. The molecule has 0 amide bonds. The van der Waals surface area contributed by atoms with Crippen molar-refractivity contribution in [1.82, 2.24) is 29.9 Å². The average Bonchev–Trinajstić information content (AvgIpc) is 2.92. The van der Waals surface area contributed by atoms with Crippen LogP contribution in [0.25, 0.3) is 11.2 Å². The van der Waals surface area contributed by atoms with Gasteiger partial charge in [-0.05, 0) is 36.9 Å². The normalized spacial score (nSPS) is 14.7. The molecular weight excluding hydrogens is 318 g/mol. The minimum absolute atomic E-state index is 0.129. The Morgan fingerprint density at radius 3 is 2.96 bits per heavy atom. The molecule has 0 radical (unpaired) electrons. The lowest BCUT2D eigenvalue weighted by Crippen LogP contribution is -2.24. The standard InChI is InChI=1S/C14H14ClN7O/c15-13-20-11(17-6-8-4-5-16-7-18-8)10-12(21-13)22-14(19-10)23-9-2-1-3-9/h4-5,7,9H,1-3,6H2,(H2,17,19,20,21,22). The largest absolute Gasteiger partial charge is 0.461 e. The number of nitrogens with one attached hydrogen (secondary N) is 2. The molecule has 1 aliphatic rings. The number of aromatic amines is 1. The number of ether oxygens (including phenoxy) is 1. The van der Waals surface area contributed by atoms with Crippen molar-refractivity contribution in [1.29, 1.82) is 0 Å². The van der Waals surface area contributed by atoms with Gasteiger partial charge in [0.1, 0.15) is 17.9 Å². The summed E-state index contributed by atoms with van der Waals surface area (Å²) in [7, 11) is 0. The van der Waals surface area contributed by atoms with Gasteiger partial charge >= 0.3 is 0 Å². The van der Waals surface area contributed by atoms with Gasteiger partial charge in [-0.15, -0.1) is 0 Å². The molecule has 9 heteroatoms. The minimum Gasteiger partial charge on any atom is -0.461 e. The fraction of sp³-hybridized carbons (Fsp3) is 0.357. The molecule has 2 N–H and O–H groups in total. The number of nitrogens with zero attached hydrogens (tertiary/aromatic N) is 5. The van der Waals surface area contributed by atoms with E-state index < -0.39 is 0 Å². The van der Waals surface area contributed by atoms with Crippen LogP contribution in [0.1, 0.15) is 25.0 Å². The first-order valence-corrected chi connectivity index (χ1v) is 7.74. The summed E-state index contributed by atoms with van der Waals surface area (Å²) in [6.45, 7) is 0.489. The van der Waals surface area contributed by atoms with Crippen molar-refractivity contribution in [2.75, 3.05) is 5.32 Å². The predicted molar refractivity (Wildman–Crippen MR) is 84.3 cm³/mol. The van der Waals surface area contributed by atoms with Gasteiger partial charge in [-0.1, -0.05) is 0 Å². The number of rotatable bonds is 5. The lowest BCUT2D eigenvalue weighted by Gasteiger charge is -2.24. The molecule has 118 valence electrons. The van der Waals surface area contributed by atoms with Crippen molar-refractivity contribution < 1.29 is 4.74 Å². The zero-order valence-corrected chi connectivity index (χ0v) is 12.9. The molecule has 1 aliphatic carbocycles. The van der Waals surface area contributed by atoms with E-state index in [0.29, 0.717) is 29.5 Å². The molecule has 3 aromatic heterocycles. The highest BCUT2D eigenvalue weighted by molar-refractivity contribution is 6.28. The van der Waals surface area contributed by atoms with E-state index in [4.69, 9.17) is 16.3 Å². The maximum atomic E-state index is 5.98. The maximum absolute atomic E-state index is 5.98. The second-order valence-electron chi connectivity index (χ2n) is 5.31. The predicted octanol–water partition coefficient (Wildman–Crippen LogP) is 2.34. The van der Waals surface area contributed by atoms with Crippen LogP contribution in [0, 0.1) is 0 Å². The number of imidazole rings is 1. The Bertz CT molecular complexity index is 819. The van der Waals surface area contributed by atoms with Gasteiger partial charge in [0.05, 0.1) is 12.2 Å². The SMILES string of the molecule is Clc1nc(NCc2ccncn2)c2[nH]c(OC3CCC3)nc2n1. The lowest BCUT2D eigenvalue weighted by molar-refractivity contribution is 0.110. The molecular formula is C14H14ClN7O. The number of fused-ring (bicyclic) bond motifs is 1. The number of H-pyrrole nitrogens is 1. The van der Waals surface area contributed by atoms with Gasteiger partial charge < -0.3 is 15.0 Å². The van der Waals surface area contributed by atoms with Gasteiger partial charge in [0.25, 0.3) is 6.01 Å².